The van der Waals surface area contributed by atoms with Crippen molar-refractivity contribution < 1.29 is 19.5 Å². The molecule has 0 aliphatic carbocycles. The topological polar surface area (TPSA) is 51.0 Å². The fraction of sp³-hybridized carbons (Fsp3) is 0.250. The minimum atomic E-state index is -0.135. The molecule has 0 amide bonds. The van der Waals surface area contributed by atoms with Gasteiger partial charge in [-0.2, -0.15) is 0 Å². The van der Waals surface area contributed by atoms with E-state index in [-0.39, 0.29) is 11.5 Å². The molecule has 0 saturated heterocycles. The summed E-state index contributed by atoms with van der Waals surface area (Å²) in [5.41, 5.74) is 2.14. The summed E-state index contributed by atoms with van der Waals surface area (Å²) in [4.78, 5) is 13.9. The molecule has 0 atom stereocenters. The molecule has 2 N–H and O–H groups in total. The Balaban J connectivity index is 1.98. The summed E-state index contributed by atoms with van der Waals surface area (Å²) in [6, 6.07) is 12.8. The number of allylic oxidation sites excluding steroid dienone is 1. The number of aromatic hydroxyl groups is 1. The Labute approximate surface area is 142 Å². The minimum Gasteiger partial charge on any atom is -0.507 e. The molecule has 124 valence electrons. The molecule has 1 aliphatic heterocycles. The molecule has 3 rings (SSSR count). The number of ether oxygens (including phenoxy) is 1. The van der Waals surface area contributed by atoms with Gasteiger partial charge in [-0.05, 0) is 37.6 Å². The summed E-state index contributed by atoms with van der Waals surface area (Å²) in [6.07, 6.45) is 1.74. The quantitative estimate of drug-likeness (QED) is 0.831. The van der Waals surface area contributed by atoms with Crippen molar-refractivity contribution in [1.82, 2.24) is 0 Å². The van der Waals surface area contributed by atoms with Crippen LogP contribution in [0.25, 0.3) is 6.08 Å². The number of quaternary nitrogens is 1. The van der Waals surface area contributed by atoms with Gasteiger partial charge in [-0.3, -0.25) is 4.79 Å². The molecule has 0 spiro atoms. The monoisotopic (exact) mass is 324 g/mol. The van der Waals surface area contributed by atoms with Crippen molar-refractivity contribution in [1.29, 1.82) is 0 Å². The van der Waals surface area contributed by atoms with Crippen LogP contribution in [0, 0.1) is 0 Å². The molecule has 0 fully saturated rings. The van der Waals surface area contributed by atoms with Gasteiger partial charge in [0.05, 0.1) is 24.2 Å². The smallest absolute Gasteiger partial charge is 0.231 e. The average molecular weight is 324 g/mol. The van der Waals surface area contributed by atoms with Gasteiger partial charge in [0.2, 0.25) is 5.78 Å². The Morgan fingerprint density at radius 1 is 1.08 bits per heavy atom. The van der Waals surface area contributed by atoms with Crippen molar-refractivity contribution in [2.75, 3.05) is 13.1 Å². The lowest BCUT2D eigenvalue weighted by atomic mass is 10.0. The molecular weight excluding hydrogens is 302 g/mol. The molecule has 0 bridgehead atoms. The molecule has 0 unspecified atom stereocenters. The van der Waals surface area contributed by atoms with Gasteiger partial charge in [0.1, 0.15) is 12.3 Å². The molecule has 0 aromatic heterocycles. The Kier molecular flexibility index (Phi) is 4.67. The van der Waals surface area contributed by atoms with Gasteiger partial charge < -0.3 is 14.7 Å². The molecule has 0 saturated carbocycles. The molecule has 4 nitrogen and oxygen atoms in total. The van der Waals surface area contributed by atoms with Crippen LogP contribution in [0.15, 0.2) is 48.2 Å². The van der Waals surface area contributed by atoms with E-state index in [9.17, 15) is 9.90 Å². The Morgan fingerprint density at radius 2 is 1.79 bits per heavy atom. The van der Waals surface area contributed by atoms with Gasteiger partial charge in [0, 0.05) is 0 Å². The third kappa shape index (κ3) is 3.05. The fourth-order valence-corrected chi connectivity index (χ4v) is 2.92. The normalized spacial score (nSPS) is 15.0. The number of benzene rings is 2. The van der Waals surface area contributed by atoms with Crippen molar-refractivity contribution >= 4 is 11.9 Å². The molecular formula is C20H22NO3+. The van der Waals surface area contributed by atoms with E-state index >= 15 is 0 Å². The van der Waals surface area contributed by atoms with Crippen LogP contribution in [0.5, 0.6) is 11.5 Å². The van der Waals surface area contributed by atoms with E-state index < -0.39 is 0 Å². The Bertz CT molecular complexity index is 777. The van der Waals surface area contributed by atoms with Gasteiger partial charge >= 0.3 is 0 Å². The summed E-state index contributed by atoms with van der Waals surface area (Å²) in [6.45, 7) is 6.73. The van der Waals surface area contributed by atoms with Gasteiger partial charge in [-0.1, -0.05) is 30.3 Å². The van der Waals surface area contributed by atoms with E-state index in [1.165, 1.54) is 4.90 Å². The van der Waals surface area contributed by atoms with Gasteiger partial charge in [0.25, 0.3) is 0 Å². The standard InChI is InChI=1S/C20H21NO3/c1-3-21(4-2)13-16-17(22)11-10-15-19(23)18(24-20(15)16)12-14-8-6-5-7-9-14/h5-12,22H,3-4,13H2,1-2H3/p+1. The van der Waals surface area contributed by atoms with E-state index in [4.69, 9.17) is 4.74 Å². The van der Waals surface area contributed by atoms with E-state index in [0.29, 0.717) is 29.2 Å². The van der Waals surface area contributed by atoms with E-state index in [1.807, 2.05) is 30.3 Å². The lowest BCUT2D eigenvalue weighted by Gasteiger charge is -2.17. The van der Waals surface area contributed by atoms with Crippen molar-refractivity contribution in [3.8, 4) is 11.5 Å². The molecule has 2 aromatic rings. The maximum Gasteiger partial charge on any atom is 0.231 e. The van der Waals surface area contributed by atoms with Gasteiger partial charge in [-0.15, -0.1) is 0 Å². The molecule has 1 heterocycles. The number of Topliss-reactive ketones (excluding diaryl/α,β-unsaturated/α-hetero) is 1. The first-order valence-electron chi connectivity index (χ1n) is 8.31. The highest BCUT2D eigenvalue weighted by atomic mass is 16.5. The van der Waals surface area contributed by atoms with Crippen LogP contribution >= 0.6 is 0 Å². The van der Waals surface area contributed by atoms with Gasteiger partial charge in [-0.25, -0.2) is 0 Å². The van der Waals surface area contributed by atoms with Crippen LogP contribution in [-0.4, -0.2) is 24.0 Å². The van der Waals surface area contributed by atoms with Crippen molar-refractivity contribution in [3.05, 3.63) is 64.9 Å². The molecule has 2 aromatic carbocycles. The summed E-state index contributed by atoms with van der Waals surface area (Å²) >= 11 is 0. The number of hydrogen-bond donors (Lipinski definition) is 2. The van der Waals surface area contributed by atoms with Crippen LogP contribution < -0.4 is 9.64 Å². The Morgan fingerprint density at radius 3 is 2.46 bits per heavy atom. The van der Waals surface area contributed by atoms with E-state index in [0.717, 1.165) is 18.7 Å². The molecule has 24 heavy (non-hydrogen) atoms. The summed E-state index contributed by atoms with van der Waals surface area (Å²) in [7, 11) is 0. The summed E-state index contributed by atoms with van der Waals surface area (Å²) < 4.78 is 5.86. The number of hydrogen-bond acceptors (Lipinski definition) is 3. The predicted octanol–water partition coefficient (Wildman–Crippen LogP) is 2.43. The van der Waals surface area contributed by atoms with Crippen LogP contribution in [0.2, 0.25) is 0 Å². The minimum absolute atomic E-state index is 0.135. The zero-order valence-electron chi connectivity index (χ0n) is 14.0. The van der Waals surface area contributed by atoms with Crippen LogP contribution in [0.1, 0.15) is 35.3 Å². The maximum atomic E-state index is 12.6. The molecule has 1 aliphatic rings. The third-order valence-corrected chi connectivity index (χ3v) is 4.44. The van der Waals surface area contributed by atoms with Crippen LogP contribution in [-0.2, 0) is 6.54 Å². The first-order chi connectivity index (χ1) is 11.6. The highest BCUT2D eigenvalue weighted by molar-refractivity contribution is 6.14. The number of nitrogens with one attached hydrogen (secondary N) is 1. The zero-order chi connectivity index (χ0) is 17.1. The van der Waals surface area contributed by atoms with E-state index in [1.54, 1.807) is 18.2 Å². The fourth-order valence-electron chi connectivity index (χ4n) is 2.92. The number of phenolic OH excluding ortho intramolecular Hbond substituents is 1. The lowest BCUT2D eigenvalue weighted by molar-refractivity contribution is -0.910. The zero-order valence-corrected chi connectivity index (χ0v) is 14.0. The highest BCUT2D eigenvalue weighted by Gasteiger charge is 2.32. The van der Waals surface area contributed by atoms with E-state index in [2.05, 4.69) is 13.8 Å². The van der Waals surface area contributed by atoms with Crippen LogP contribution in [0.4, 0.5) is 0 Å². The summed E-state index contributed by atoms with van der Waals surface area (Å²) in [5.74, 6) is 0.853. The second-order valence-corrected chi connectivity index (χ2v) is 5.92. The predicted molar refractivity (Wildman–Crippen MR) is 93.2 cm³/mol. The lowest BCUT2D eigenvalue weighted by Crippen LogP contribution is -3.10. The first-order valence-corrected chi connectivity index (χ1v) is 8.31. The molecule has 4 heteroatoms. The first kappa shape index (κ1) is 16.3. The second-order valence-electron chi connectivity index (χ2n) is 5.92. The number of rotatable bonds is 5. The van der Waals surface area contributed by atoms with Crippen LogP contribution in [0.3, 0.4) is 0 Å². The van der Waals surface area contributed by atoms with Crippen molar-refractivity contribution in [2.45, 2.75) is 20.4 Å². The third-order valence-electron chi connectivity index (χ3n) is 4.44. The highest BCUT2D eigenvalue weighted by Crippen LogP contribution is 2.39. The van der Waals surface area contributed by atoms with Crippen molar-refractivity contribution in [2.24, 2.45) is 0 Å². The second kappa shape index (κ2) is 6.89. The Hall–Kier alpha value is -2.59. The summed E-state index contributed by atoms with van der Waals surface area (Å²) in [5, 5.41) is 10.3. The number of carbonyl (C=O) groups is 1. The average Bonchev–Trinajstić information content (AvgIpc) is 2.91. The van der Waals surface area contributed by atoms with Crippen molar-refractivity contribution in [3.63, 3.8) is 0 Å². The molecule has 0 radical (unpaired) electrons. The number of ketones is 1. The number of fused-ring (bicyclic) bond motifs is 1. The number of phenols is 1. The SMILES string of the molecule is CC[NH+](CC)Cc1c(O)ccc2c1OC(=Cc1ccccc1)C2=O. The number of carbonyl (C=O) groups excluding carboxylic acids is 1. The van der Waals surface area contributed by atoms with Gasteiger partial charge in [0.15, 0.2) is 11.5 Å². The largest absolute Gasteiger partial charge is 0.507 e. The maximum absolute atomic E-state index is 12.6.